The van der Waals surface area contributed by atoms with Gasteiger partial charge in [-0.15, -0.1) is 0 Å². The molecule has 0 bridgehead atoms. The van der Waals surface area contributed by atoms with Gasteiger partial charge in [-0.3, -0.25) is 14.2 Å². The molecule has 1 heterocycles. The van der Waals surface area contributed by atoms with Gasteiger partial charge < -0.3 is 0 Å². The second kappa shape index (κ2) is 10.8. The van der Waals surface area contributed by atoms with E-state index in [4.69, 9.17) is 0 Å². The Kier molecular flexibility index (Phi) is 7.34. The molecule has 0 saturated carbocycles. The van der Waals surface area contributed by atoms with Gasteiger partial charge in [0.15, 0.2) is 5.16 Å². The number of carbonyl (C=O) groups is 1. The summed E-state index contributed by atoms with van der Waals surface area (Å²) in [6.07, 6.45) is 3.58. The van der Waals surface area contributed by atoms with Gasteiger partial charge in [0.2, 0.25) is 0 Å². The fourth-order valence-corrected chi connectivity index (χ4v) is 4.25. The van der Waals surface area contributed by atoms with E-state index in [0.29, 0.717) is 16.1 Å². The lowest BCUT2D eigenvalue weighted by molar-refractivity contribution is -0.118. The molecule has 1 N–H and O–H groups in total. The van der Waals surface area contributed by atoms with Gasteiger partial charge in [0.1, 0.15) is 0 Å². The molecule has 1 amide bonds. The normalized spacial score (nSPS) is 11.8. The molecule has 0 unspecified atom stereocenters. The lowest BCUT2D eigenvalue weighted by atomic mass is 10.1. The van der Waals surface area contributed by atoms with Gasteiger partial charge in [0, 0.05) is 0 Å². The molecule has 170 valence electrons. The number of nitrogens with zero attached hydrogens (tertiary/aromatic N) is 3. The van der Waals surface area contributed by atoms with Crippen molar-refractivity contribution in [2.24, 2.45) is 5.10 Å². The van der Waals surface area contributed by atoms with Crippen molar-refractivity contribution in [3.05, 3.63) is 106 Å². The van der Waals surface area contributed by atoms with Crippen LogP contribution in [0, 0.1) is 6.92 Å². The lowest BCUT2D eigenvalue weighted by Gasteiger charge is -2.14. The van der Waals surface area contributed by atoms with Crippen LogP contribution in [-0.4, -0.2) is 27.4 Å². The Bertz CT molecular complexity index is 1440. The monoisotopic (exact) mass is 468 g/mol. The van der Waals surface area contributed by atoms with Crippen LogP contribution in [0.5, 0.6) is 0 Å². The second-order valence-corrected chi connectivity index (χ2v) is 8.66. The zero-order chi connectivity index (χ0) is 23.9. The minimum absolute atomic E-state index is 0.0649. The molecule has 0 aliphatic heterocycles. The van der Waals surface area contributed by atoms with Crippen molar-refractivity contribution in [2.75, 3.05) is 5.75 Å². The maximum atomic E-state index is 13.3. The highest BCUT2D eigenvalue weighted by Gasteiger charge is 2.15. The summed E-state index contributed by atoms with van der Waals surface area (Å²) in [5.41, 5.74) is 6.63. The largest absolute Gasteiger partial charge is 0.272 e. The third-order valence-electron chi connectivity index (χ3n) is 5.08. The van der Waals surface area contributed by atoms with Crippen molar-refractivity contribution in [2.45, 2.75) is 19.0 Å². The van der Waals surface area contributed by atoms with Crippen molar-refractivity contribution in [3.63, 3.8) is 0 Å². The number of aromatic nitrogens is 2. The molecule has 7 heteroatoms. The molecule has 34 heavy (non-hydrogen) atoms. The molecule has 4 rings (SSSR count). The standard InChI is InChI=1S/C27H24N4O2S/c1-19(16-21-11-4-3-5-12-21)17-28-30-25(32)18-34-27-29-23-14-8-7-13-22(23)26(33)31(27)24-15-9-6-10-20(24)2/h3-17H,18H2,1-2H3,(H,30,32)/b19-16+,28-17-. The Morgan fingerprint density at radius 3 is 2.53 bits per heavy atom. The number of fused-ring (bicyclic) bond motifs is 1. The summed E-state index contributed by atoms with van der Waals surface area (Å²) in [7, 11) is 0. The van der Waals surface area contributed by atoms with Gasteiger partial charge in [-0.2, -0.15) is 5.10 Å². The van der Waals surface area contributed by atoms with Gasteiger partial charge >= 0.3 is 0 Å². The van der Waals surface area contributed by atoms with Crippen LogP contribution in [0.25, 0.3) is 22.7 Å². The summed E-state index contributed by atoms with van der Waals surface area (Å²) >= 11 is 1.20. The van der Waals surface area contributed by atoms with E-state index in [2.05, 4.69) is 15.5 Å². The predicted molar refractivity (Wildman–Crippen MR) is 140 cm³/mol. The van der Waals surface area contributed by atoms with Gasteiger partial charge in [-0.05, 0) is 48.7 Å². The summed E-state index contributed by atoms with van der Waals surface area (Å²) in [4.78, 5) is 30.4. The van der Waals surface area contributed by atoms with Crippen LogP contribution in [0.15, 0.2) is 99.5 Å². The quantitative estimate of drug-likeness (QED) is 0.179. The summed E-state index contributed by atoms with van der Waals surface area (Å²) in [5.74, 6) is -0.220. The number of thioether (sulfide) groups is 1. The topological polar surface area (TPSA) is 76.3 Å². The lowest BCUT2D eigenvalue weighted by Crippen LogP contribution is -2.24. The SMILES string of the molecule is CC(/C=N\NC(=O)CSc1nc2ccccc2c(=O)n1-c1ccccc1C)=C\c1ccccc1. The second-order valence-electron chi connectivity index (χ2n) is 7.72. The number of hydrazone groups is 1. The van der Waals surface area contributed by atoms with E-state index in [9.17, 15) is 9.59 Å². The van der Waals surface area contributed by atoms with Crippen molar-refractivity contribution in [1.29, 1.82) is 0 Å². The summed E-state index contributed by atoms with van der Waals surface area (Å²) in [5, 5.41) is 5.03. The minimum Gasteiger partial charge on any atom is -0.272 e. The van der Waals surface area contributed by atoms with Crippen LogP contribution >= 0.6 is 11.8 Å². The van der Waals surface area contributed by atoms with Crippen LogP contribution < -0.4 is 11.0 Å². The zero-order valence-corrected chi connectivity index (χ0v) is 19.8. The number of hydrogen-bond acceptors (Lipinski definition) is 5. The molecule has 0 aliphatic carbocycles. The van der Waals surface area contributed by atoms with E-state index in [1.807, 2.05) is 86.7 Å². The maximum Gasteiger partial charge on any atom is 0.266 e. The van der Waals surface area contributed by atoms with Gasteiger partial charge in [-0.1, -0.05) is 78.5 Å². The molecule has 0 atom stereocenters. The van der Waals surface area contributed by atoms with Crippen LogP contribution in [-0.2, 0) is 4.79 Å². The highest BCUT2D eigenvalue weighted by Crippen LogP contribution is 2.23. The van der Waals surface area contributed by atoms with E-state index >= 15 is 0 Å². The average Bonchev–Trinajstić information content (AvgIpc) is 2.84. The van der Waals surface area contributed by atoms with Crippen molar-refractivity contribution >= 4 is 40.9 Å². The summed E-state index contributed by atoms with van der Waals surface area (Å²) < 4.78 is 1.58. The average molecular weight is 469 g/mol. The first kappa shape index (κ1) is 23.2. The number of allylic oxidation sites excluding steroid dienone is 1. The molecule has 4 aromatic rings. The fourth-order valence-electron chi connectivity index (χ4n) is 3.45. The Hall–Kier alpha value is -3.97. The van der Waals surface area contributed by atoms with Crippen LogP contribution in [0.2, 0.25) is 0 Å². The summed E-state index contributed by atoms with van der Waals surface area (Å²) in [6.45, 7) is 3.86. The number of rotatable bonds is 7. The molecule has 1 aromatic heterocycles. The van der Waals surface area contributed by atoms with Crippen molar-refractivity contribution < 1.29 is 4.79 Å². The number of aryl methyl sites for hydroxylation is 1. The van der Waals surface area contributed by atoms with E-state index in [1.54, 1.807) is 22.9 Å². The smallest absolute Gasteiger partial charge is 0.266 e. The van der Waals surface area contributed by atoms with Crippen LogP contribution in [0.4, 0.5) is 0 Å². The molecule has 0 fully saturated rings. The third kappa shape index (κ3) is 5.50. The molecule has 6 nitrogen and oxygen atoms in total. The van der Waals surface area contributed by atoms with Gasteiger partial charge in [0.25, 0.3) is 11.5 Å². The first-order valence-electron chi connectivity index (χ1n) is 10.8. The molecular formula is C27H24N4O2S. The predicted octanol–water partition coefficient (Wildman–Crippen LogP) is 4.99. The fraction of sp³-hybridized carbons (Fsp3) is 0.111. The van der Waals surface area contributed by atoms with Crippen molar-refractivity contribution in [3.8, 4) is 5.69 Å². The molecule has 0 aliphatic rings. The zero-order valence-electron chi connectivity index (χ0n) is 18.9. The number of amides is 1. The molecule has 3 aromatic carbocycles. The van der Waals surface area contributed by atoms with Crippen LogP contribution in [0.3, 0.4) is 0 Å². The van der Waals surface area contributed by atoms with Gasteiger partial charge in [0.05, 0.1) is 28.6 Å². The number of carbonyl (C=O) groups excluding carboxylic acids is 1. The van der Waals surface area contributed by atoms with E-state index in [1.165, 1.54) is 11.8 Å². The maximum absolute atomic E-state index is 13.3. The van der Waals surface area contributed by atoms with E-state index in [-0.39, 0.29) is 17.2 Å². The first-order chi connectivity index (χ1) is 16.5. The number of para-hydroxylation sites is 2. The van der Waals surface area contributed by atoms with E-state index < -0.39 is 0 Å². The number of nitrogens with one attached hydrogen (secondary N) is 1. The van der Waals surface area contributed by atoms with E-state index in [0.717, 1.165) is 22.4 Å². The molecule has 0 saturated heterocycles. The van der Waals surface area contributed by atoms with Crippen molar-refractivity contribution in [1.82, 2.24) is 15.0 Å². The third-order valence-corrected chi connectivity index (χ3v) is 6.02. The highest BCUT2D eigenvalue weighted by atomic mass is 32.2. The Labute approximate surface area is 202 Å². The number of hydrogen-bond donors (Lipinski definition) is 1. The summed E-state index contributed by atoms with van der Waals surface area (Å²) in [6, 6.07) is 24.7. The highest BCUT2D eigenvalue weighted by molar-refractivity contribution is 7.99. The number of benzene rings is 3. The Balaban J connectivity index is 1.52. The Morgan fingerprint density at radius 1 is 1.03 bits per heavy atom. The molecular weight excluding hydrogens is 444 g/mol. The molecule has 0 spiro atoms. The van der Waals surface area contributed by atoms with Gasteiger partial charge in [-0.25, -0.2) is 10.4 Å². The Morgan fingerprint density at radius 2 is 1.74 bits per heavy atom. The first-order valence-corrected chi connectivity index (χ1v) is 11.8. The minimum atomic E-state index is -0.285. The van der Waals surface area contributed by atoms with Crippen LogP contribution in [0.1, 0.15) is 18.1 Å². The molecule has 0 radical (unpaired) electrons.